The van der Waals surface area contributed by atoms with Crippen LogP contribution in [0.15, 0.2) is 54.9 Å². The number of aryl methyl sites for hydroxylation is 1. The third-order valence-electron chi connectivity index (χ3n) is 2.55. The zero-order valence-corrected chi connectivity index (χ0v) is 9.63. The summed E-state index contributed by atoms with van der Waals surface area (Å²) in [5.41, 5.74) is 2.82. The van der Waals surface area contributed by atoms with E-state index in [1.807, 2.05) is 37.3 Å². The number of carbonyl (C=O) groups is 1. The zero-order valence-electron chi connectivity index (χ0n) is 9.63. The van der Waals surface area contributed by atoms with Crippen LogP contribution in [-0.4, -0.2) is 10.8 Å². The molecular weight excluding hydrogens is 210 g/mol. The van der Waals surface area contributed by atoms with Gasteiger partial charge < -0.3 is 0 Å². The number of hydrogen-bond donors (Lipinski definition) is 0. The Bertz CT molecular complexity index is 544. The van der Waals surface area contributed by atoms with Gasteiger partial charge in [0.1, 0.15) is 0 Å². The molecule has 0 fully saturated rings. The van der Waals surface area contributed by atoms with E-state index < -0.39 is 0 Å². The Kier molecular flexibility index (Phi) is 3.46. The van der Waals surface area contributed by atoms with Crippen LogP contribution in [0.25, 0.3) is 6.08 Å². The molecule has 1 aromatic heterocycles. The summed E-state index contributed by atoms with van der Waals surface area (Å²) in [5.74, 6) is -0.0265. The molecule has 0 N–H and O–H groups in total. The summed E-state index contributed by atoms with van der Waals surface area (Å²) >= 11 is 0. The Balaban J connectivity index is 2.17. The van der Waals surface area contributed by atoms with Gasteiger partial charge in [-0.25, -0.2) is 0 Å². The minimum atomic E-state index is -0.0265. The maximum Gasteiger partial charge on any atom is 0.187 e. The van der Waals surface area contributed by atoms with E-state index in [1.165, 1.54) is 0 Å². The fourth-order valence-corrected chi connectivity index (χ4v) is 1.54. The van der Waals surface area contributed by atoms with Crippen LogP contribution in [-0.2, 0) is 0 Å². The largest absolute Gasteiger partial charge is 0.289 e. The van der Waals surface area contributed by atoms with Gasteiger partial charge in [-0.2, -0.15) is 0 Å². The smallest absolute Gasteiger partial charge is 0.187 e. The van der Waals surface area contributed by atoms with Gasteiger partial charge in [0.15, 0.2) is 5.78 Å². The molecule has 0 aliphatic rings. The SMILES string of the molecule is Cc1ccccc1C=CC(=O)c1cccnc1. The number of hydrogen-bond acceptors (Lipinski definition) is 2. The first kappa shape index (κ1) is 11.3. The highest BCUT2D eigenvalue weighted by atomic mass is 16.1. The fraction of sp³-hybridized carbons (Fsp3) is 0.0667. The molecule has 2 aromatic rings. The number of benzene rings is 1. The lowest BCUT2D eigenvalue weighted by molar-refractivity contribution is 0.104. The summed E-state index contributed by atoms with van der Waals surface area (Å²) < 4.78 is 0. The lowest BCUT2D eigenvalue weighted by Crippen LogP contribution is -1.94. The van der Waals surface area contributed by atoms with Gasteiger partial charge in [-0.1, -0.05) is 30.3 Å². The van der Waals surface area contributed by atoms with Gasteiger partial charge >= 0.3 is 0 Å². The lowest BCUT2D eigenvalue weighted by atomic mass is 10.1. The Hall–Kier alpha value is -2.22. The zero-order chi connectivity index (χ0) is 12.1. The van der Waals surface area contributed by atoms with E-state index >= 15 is 0 Å². The van der Waals surface area contributed by atoms with Gasteiger partial charge in [-0.15, -0.1) is 0 Å². The van der Waals surface area contributed by atoms with E-state index in [0.717, 1.165) is 11.1 Å². The number of aromatic nitrogens is 1. The summed E-state index contributed by atoms with van der Waals surface area (Å²) in [6, 6.07) is 11.5. The van der Waals surface area contributed by atoms with Gasteiger partial charge in [0.25, 0.3) is 0 Å². The van der Waals surface area contributed by atoms with Gasteiger partial charge in [0.05, 0.1) is 0 Å². The Labute approximate surface area is 101 Å². The van der Waals surface area contributed by atoms with E-state index in [4.69, 9.17) is 0 Å². The molecule has 0 saturated heterocycles. The van der Waals surface area contributed by atoms with Crippen LogP contribution >= 0.6 is 0 Å². The molecule has 2 heteroatoms. The first-order chi connectivity index (χ1) is 8.27. The summed E-state index contributed by atoms with van der Waals surface area (Å²) in [6.07, 6.45) is 6.65. The highest BCUT2D eigenvalue weighted by Crippen LogP contribution is 2.09. The number of pyridine rings is 1. The van der Waals surface area contributed by atoms with Crippen LogP contribution in [0.3, 0.4) is 0 Å². The maximum absolute atomic E-state index is 11.8. The second kappa shape index (κ2) is 5.21. The quantitative estimate of drug-likeness (QED) is 0.590. The Morgan fingerprint density at radius 1 is 1.18 bits per heavy atom. The van der Waals surface area contributed by atoms with E-state index in [2.05, 4.69) is 4.98 Å². The van der Waals surface area contributed by atoms with Crippen molar-refractivity contribution in [3.05, 3.63) is 71.6 Å². The van der Waals surface area contributed by atoms with E-state index in [0.29, 0.717) is 5.56 Å². The van der Waals surface area contributed by atoms with Crippen LogP contribution in [0.1, 0.15) is 21.5 Å². The molecule has 1 aromatic carbocycles. The van der Waals surface area contributed by atoms with Crippen LogP contribution in [0, 0.1) is 6.92 Å². The van der Waals surface area contributed by atoms with Crippen LogP contribution in [0.5, 0.6) is 0 Å². The molecule has 0 amide bonds. The molecule has 0 unspecified atom stereocenters. The molecule has 0 atom stereocenters. The normalized spacial score (nSPS) is 10.6. The number of carbonyl (C=O) groups excluding carboxylic acids is 1. The Morgan fingerprint density at radius 2 is 2.00 bits per heavy atom. The van der Waals surface area contributed by atoms with Crippen molar-refractivity contribution in [3.8, 4) is 0 Å². The van der Waals surface area contributed by atoms with Crippen molar-refractivity contribution in [2.24, 2.45) is 0 Å². The monoisotopic (exact) mass is 223 g/mol. The highest BCUT2D eigenvalue weighted by molar-refractivity contribution is 6.06. The van der Waals surface area contributed by atoms with E-state index in [9.17, 15) is 4.79 Å². The Morgan fingerprint density at radius 3 is 2.71 bits per heavy atom. The molecule has 84 valence electrons. The standard InChI is InChI=1S/C15H13NO/c1-12-5-2-3-6-13(12)8-9-15(17)14-7-4-10-16-11-14/h2-11H,1H3. The van der Waals surface area contributed by atoms with Gasteiger partial charge in [-0.3, -0.25) is 9.78 Å². The van der Waals surface area contributed by atoms with Gasteiger partial charge in [0, 0.05) is 18.0 Å². The number of rotatable bonds is 3. The molecule has 0 radical (unpaired) electrons. The minimum Gasteiger partial charge on any atom is -0.289 e. The number of nitrogens with zero attached hydrogens (tertiary/aromatic N) is 1. The number of ketones is 1. The molecule has 0 aliphatic heterocycles. The fourth-order valence-electron chi connectivity index (χ4n) is 1.54. The first-order valence-corrected chi connectivity index (χ1v) is 5.45. The van der Waals surface area contributed by atoms with Crippen molar-refractivity contribution in [2.75, 3.05) is 0 Å². The van der Waals surface area contributed by atoms with Crippen molar-refractivity contribution >= 4 is 11.9 Å². The number of allylic oxidation sites excluding steroid dienone is 1. The van der Waals surface area contributed by atoms with E-state index in [-0.39, 0.29) is 5.78 Å². The van der Waals surface area contributed by atoms with Crippen molar-refractivity contribution in [1.29, 1.82) is 0 Å². The van der Waals surface area contributed by atoms with Crippen molar-refractivity contribution in [3.63, 3.8) is 0 Å². The summed E-state index contributed by atoms with van der Waals surface area (Å²) in [4.78, 5) is 15.7. The van der Waals surface area contributed by atoms with Gasteiger partial charge in [0.2, 0.25) is 0 Å². The second-order valence-corrected chi connectivity index (χ2v) is 3.80. The van der Waals surface area contributed by atoms with E-state index in [1.54, 1.807) is 30.6 Å². The highest BCUT2D eigenvalue weighted by Gasteiger charge is 2.00. The third kappa shape index (κ3) is 2.88. The third-order valence-corrected chi connectivity index (χ3v) is 2.55. The average Bonchev–Trinajstić information content (AvgIpc) is 2.38. The first-order valence-electron chi connectivity index (χ1n) is 5.45. The molecular formula is C15H13NO. The molecule has 1 heterocycles. The van der Waals surface area contributed by atoms with Crippen molar-refractivity contribution < 1.29 is 4.79 Å². The molecule has 0 saturated carbocycles. The molecule has 2 rings (SSSR count). The van der Waals surface area contributed by atoms with Gasteiger partial charge in [-0.05, 0) is 36.3 Å². The lowest BCUT2D eigenvalue weighted by Gasteiger charge is -1.98. The summed E-state index contributed by atoms with van der Waals surface area (Å²) in [5, 5.41) is 0. The molecule has 0 spiro atoms. The van der Waals surface area contributed by atoms with Crippen LogP contribution in [0.4, 0.5) is 0 Å². The predicted octanol–water partition coefficient (Wildman–Crippen LogP) is 3.29. The minimum absolute atomic E-state index is 0.0265. The molecule has 0 bridgehead atoms. The molecule has 17 heavy (non-hydrogen) atoms. The van der Waals surface area contributed by atoms with Crippen molar-refractivity contribution in [2.45, 2.75) is 6.92 Å². The summed E-state index contributed by atoms with van der Waals surface area (Å²) in [6.45, 7) is 2.02. The maximum atomic E-state index is 11.8. The van der Waals surface area contributed by atoms with Crippen molar-refractivity contribution in [1.82, 2.24) is 4.98 Å². The average molecular weight is 223 g/mol. The second-order valence-electron chi connectivity index (χ2n) is 3.80. The molecule has 2 nitrogen and oxygen atoms in total. The van der Waals surface area contributed by atoms with Crippen LogP contribution < -0.4 is 0 Å². The predicted molar refractivity (Wildman–Crippen MR) is 68.8 cm³/mol. The van der Waals surface area contributed by atoms with Crippen LogP contribution in [0.2, 0.25) is 0 Å². The summed E-state index contributed by atoms with van der Waals surface area (Å²) in [7, 11) is 0. The topological polar surface area (TPSA) is 30.0 Å². The molecule has 0 aliphatic carbocycles.